The Bertz CT molecular complexity index is 632. The Hall–Kier alpha value is -1.69. The van der Waals surface area contributed by atoms with Crippen LogP contribution in [0.4, 0.5) is 5.82 Å². The van der Waals surface area contributed by atoms with Gasteiger partial charge in [-0.1, -0.05) is 0 Å². The van der Waals surface area contributed by atoms with Gasteiger partial charge in [-0.3, -0.25) is 4.79 Å². The minimum Gasteiger partial charge on any atom is -0.354 e. The third-order valence-electron chi connectivity index (χ3n) is 5.54. The maximum Gasteiger partial charge on any atom is 0.236 e. The van der Waals surface area contributed by atoms with Crippen LogP contribution >= 0.6 is 0 Å². The van der Waals surface area contributed by atoms with Crippen LogP contribution < -0.4 is 10.2 Å². The number of hydrogen-bond acceptors (Lipinski definition) is 5. The molecule has 130 valence electrons. The Morgan fingerprint density at radius 2 is 2.00 bits per heavy atom. The van der Waals surface area contributed by atoms with Crippen LogP contribution in [-0.4, -0.2) is 59.5 Å². The number of amides is 1. The van der Waals surface area contributed by atoms with Gasteiger partial charge in [-0.05, 0) is 45.4 Å². The number of carbonyl (C=O) groups excluding carboxylic acids is 1. The molecule has 0 bridgehead atoms. The van der Waals surface area contributed by atoms with Crippen molar-refractivity contribution in [1.82, 2.24) is 20.2 Å². The minimum absolute atomic E-state index is 0.244. The topological polar surface area (TPSA) is 61.4 Å². The fourth-order valence-corrected chi connectivity index (χ4v) is 4.37. The summed E-state index contributed by atoms with van der Waals surface area (Å²) < 4.78 is 0. The van der Waals surface area contributed by atoms with Crippen molar-refractivity contribution in [3.63, 3.8) is 0 Å². The van der Waals surface area contributed by atoms with Crippen molar-refractivity contribution in [2.24, 2.45) is 0 Å². The van der Waals surface area contributed by atoms with E-state index in [0.29, 0.717) is 12.6 Å². The van der Waals surface area contributed by atoms with Gasteiger partial charge in [0.1, 0.15) is 11.6 Å². The molecule has 4 rings (SSSR count). The van der Waals surface area contributed by atoms with Crippen LogP contribution in [0.3, 0.4) is 0 Å². The van der Waals surface area contributed by atoms with E-state index in [1.165, 1.54) is 24.1 Å². The molecule has 1 aliphatic carbocycles. The summed E-state index contributed by atoms with van der Waals surface area (Å²) in [6.07, 6.45) is 6.88. The Balaban J connectivity index is 1.58. The molecule has 3 aliphatic rings. The Morgan fingerprint density at radius 1 is 1.12 bits per heavy atom. The maximum atomic E-state index is 12.2. The molecule has 1 atom stereocenters. The first-order valence-electron chi connectivity index (χ1n) is 9.34. The van der Waals surface area contributed by atoms with E-state index in [1.807, 2.05) is 6.92 Å². The fourth-order valence-electron chi connectivity index (χ4n) is 4.37. The molecule has 24 heavy (non-hydrogen) atoms. The summed E-state index contributed by atoms with van der Waals surface area (Å²) in [5.41, 5.74) is 2.61. The van der Waals surface area contributed by atoms with Crippen LogP contribution in [0.2, 0.25) is 0 Å². The minimum atomic E-state index is 0.244. The quantitative estimate of drug-likeness (QED) is 0.879. The fraction of sp³-hybridized carbons (Fsp3) is 0.722. The summed E-state index contributed by atoms with van der Waals surface area (Å²) in [6, 6.07) is 0.322. The number of fused-ring (bicyclic) bond motifs is 1. The molecule has 0 saturated carbocycles. The molecule has 1 amide bonds. The van der Waals surface area contributed by atoms with Crippen molar-refractivity contribution < 1.29 is 4.79 Å². The van der Waals surface area contributed by atoms with Gasteiger partial charge in [0.25, 0.3) is 0 Å². The molecule has 3 heterocycles. The predicted octanol–water partition coefficient (Wildman–Crippen LogP) is 1.06. The molecule has 6 heteroatoms. The molecule has 2 fully saturated rings. The lowest BCUT2D eigenvalue weighted by Gasteiger charge is -2.42. The summed E-state index contributed by atoms with van der Waals surface area (Å²) in [6.45, 7) is 6.18. The van der Waals surface area contributed by atoms with E-state index in [9.17, 15) is 4.79 Å². The van der Waals surface area contributed by atoms with Crippen LogP contribution in [0.25, 0.3) is 0 Å². The summed E-state index contributed by atoms with van der Waals surface area (Å²) in [5.74, 6) is 2.27. The second-order valence-electron chi connectivity index (χ2n) is 7.23. The first kappa shape index (κ1) is 15.8. The van der Waals surface area contributed by atoms with E-state index in [2.05, 4.69) is 20.1 Å². The Kier molecular flexibility index (Phi) is 4.39. The van der Waals surface area contributed by atoms with Crippen LogP contribution in [0, 0.1) is 6.92 Å². The van der Waals surface area contributed by atoms with Crippen molar-refractivity contribution in [2.45, 2.75) is 51.5 Å². The van der Waals surface area contributed by atoms with Crippen molar-refractivity contribution in [3.05, 3.63) is 17.1 Å². The molecule has 2 saturated heterocycles. The number of piperidine rings is 1. The highest BCUT2D eigenvalue weighted by Gasteiger charge is 2.32. The summed E-state index contributed by atoms with van der Waals surface area (Å²) in [7, 11) is 0. The standard InChI is InChI=1S/C18H27N5O/c1-13-20-16-7-3-2-6-15(16)18(21-13)22-9-4-5-14(12-22)23-10-8-19-11-17(23)24/h14,19H,2-12H2,1H3/t14-/m1/s1. The second-order valence-corrected chi connectivity index (χ2v) is 7.23. The highest BCUT2D eigenvalue weighted by molar-refractivity contribution is 5.79. The molecule has 0 radical (unpaired) electrons. The van der Waals surface area contributed by atoms with E-state index in [-0.39, 0.29) is 5.91 Å². The molecular formula is C18H27N5O. The molecule has 1 N–H and O–H groups in total. The van der Waals surface area contributed by atoms with Gasteiger partial charge in [0, 0.05) is 43.5 Å². The van der Waals surface area contributed by atoms with Crippen molar-refractivity contribution in [2.75, 3.05) is 37.6 Å². The van der Waals surface area contributed by atoms with Gasteiger partial charge in [0.2, 0.25) is 5.91 Å². The largest absolute Gasteiger partial charge is 0.354 e. The third kappa shape index (κ3) is 2.99. The number of piperazine rings is 1. The number of nitrogens with zero attached hydrogens (tertiary/aromatic N) is 4. The molecule has 0 unspecified atom stereocenters. The first-order chi connectivity index (χ1) is 11.7. The van der Waals surface area contributed by atoms with Crippen LogP contribution in [0.5, 0.6) is 0 Å². The van der Waals surface area contributed by atoms with Crippen LogP contribution in [0.1, 0.15) is 42.8 Å². The normalized spacial score (nSPS) is 24.9. The maximum absolute atomic E-state index is 12.2. The second kappa shape index (κ2) is 6.67. The van der Waals surface area contributed by atoms with Gasteiger partial charge in [-0.2, -0.15) is 0 Å². The number of hydrogen-bond donors (Lipinski definition) is 1. The molecular weight excluding hydrogens is 302 g/mol. The van der Waals surface area contributed by atoms with Gasteiger partial charge in [-0.25, -0.2) is 9.97 Å². The molecule has 0 spiro atoms. The van der Waals surface area contributed by atoms with Crippen molar-refractivity contribution >= 4 is 11.7 Å². The van der Waals surface area contributed by atoms with E-state index < -0.39 is 0 Å². The van der Waals surface area contributed by atoms with Gasteiger partial charge >= 0.3 is 0 Å². The molecule has 6 nitrogen and oxygen atoms in total. The summed E-state index contributed by atoms with van der Waals surface area (Å²) in [4.78, 5) is 26.2. The zero-order valence-electron chi connectivity index (χ0n) is 14.6. The van der Waals surface area contributed by atoms with Crippen molar-refractivity contribution in [1.29, 1.82) is 0 Å². The van der Waals surface area contributed by atoms with Gasteiger partial charge < -0.3 is 15.1 Å². The number of anilines is 1. The summed E-state index contributed by atoms with van der Waals surface area (Å²) >= 11 is 0. The first-order valence-corrected chi connectivity index (χ1v) is 9.34. The SMILES string of the molecule is Cc1nc2c(c(N3CCC[C@@H](N4CCNCC4=O)C3)n1)CCCC2. The lowest BCUT2D eigenvalue weighted by atomic mass is 9.95. The van der Waals surface area contributed by atoms with Gasteiger partial charge in [0.15, 0.2) is 0 Å². The monoisotopic (exact) mass is 329 g/mol. The average Bonchev–Trinajstić information content (AvgIpc) is 2.61. The number of carbonyl (C=O) groups is 1. The molecule has 1 aromatic rings. The van der Waals surface area contributed by atoms with E-state index in [0.717, 1.165) is 63.5 Å². The van der Waals surface area contributed by atoms with Crippen LogP contribution in [-0.2, 0) is 17.6 Å². The average molecular weight is 329 g/mol. The van der Waals surface area contributed by atoms with Crippen LogP contribution in [0.15, 0.2) is 0 Å². The Morgan fingerprint density at radius 3 is 2.88 bits per heavy atom. The molecule has 0 aromatic carbocycles. The van der Waals surface area contributed by atoms with Crippen molar-refractivity contribution in [3.8, 4) is 0 Å². The lowest BCUT2D eigenvalue weighted by molar-refractivity contribution is -0.134. The lowest BCUT2D eigenvalue weighted by Crippen LogP contribution is -2.57. The van der Waals surface area contributed by atoms with Gasteiger partial charge in [0.05, 0.1) is 6.54 Å². The highest BCUT2D eigenvalue weighted by atomic mass is 16.2. The zero-order chi connectivity index (χ0) is 16.5. The smallest absolute Gasteiger partial charge is 0.236 e. The van der Waals surface area contributed by atoms with Gasteiger partial charge in [-0.15, -0.1) is 0 Å². The number of rotatable bonds is 2. The third-order valence-corrected chi connectivity index (χ3v) is 5.54. The highest BCUT2D eigenvalue weighted by Crippen LogP contribution is 2.30. The Labute approximate surface area is 143 Å². The number of nitrogens with one attached hydrogen (secondary N) is 1. The molecule has 2 aliphatic heterocycles. The zero-order valence-corrected chi connectivity index (χ0v) is 14.6. The van der Waals surface area contributed by atoms with E-state index in [4.69, 9.17) is 4.98 Å². The number of aryl methyl sites for hydroxylation is 2. The number of aromatic nitrogens is 2. The summed E-state index contributed by atoms with van der Waals surface area (Å²) in [5, 5.41) is 3.17. The van der Waals surface area contributed by atoms with E-state index in [1.54, 1.807) is 0 Å². The predicted molar refractivity (Wildman–Crippen MR) is 93.2 cm³/mol. The molecule has 1 aromatic heterocycles. The van der Waals surface area contributed by atoms with E-state index >= 15 is 0 Å².